The Kier molecular flexibility index (Phi) is 5.46. The smallest absolute Gasteiger partial charge is 0.387 e. The topological polar surface area (TPSA) is 70.6 Å². The summed E-state index contributed by atoms with van der Waals surface area (Å²) < 4.78 is 29.5. The Morgan fingerprint density at radius 3 is 2.90 bits per heavy atom. The molecule has 1 aliphatic carbocycles. The summed E-state index contributed by atoms with van der Waals surface area (Å²) in [5, 5.41) is 3.43. The van der Waals surface area contributed by atoms with Crippen molar-refractivity contribution in [2.45, 2.75) is 31.9 Å². The van der Waals surface area contributed by atoms with Crippen LogP contribution in [0.25, 0.3) is 0 Å². The number of hydrogen-bond donors (Lipinski definition) is 1. The van der Waals surface area contributed by atoms with Crippen molar-refractivity contribution in [3.8, 4) is 5.75 Å². The van der Waals surface area contributed by atoms with Crippen LogP contribution in [0.4, 0.5) is 20.4 Å². The van der Waals surface area contributed by atoms with Gasteiger partial charge >= 0.3 is 6.61 Å². The first-order chi connectivity index (χ1) is 14.0. The summed E-state index contributed by atoms with van der Waals surface area (Å²) in [6.45, 7) is -1.15. The second-order valence-corrected chi connectivity index (χ2v) is 7.33. The van der Waals surface area contributed by atoms with Gasteiger partial charge in [-0.15, -0.1) is 0 Å². The molecular weight excluding hydrogens is 380 g/mol. The van der Waals surface area contributed by atoms with E-state index in [0.717, 1.165) is 36.9 Å². The van der Waals surface area contributed by atoms with Gasteiger partial charge < -0.3 is 19.9 Å². The molecule has 0 spiro atoms. The van der Waals surface area contributed by atoms with Crippen LogP contribution in [0.1, 0.15) is 30.0 Å². The predicted octanol–water partition coefficient (Wildman–Crippen LogP) is 2.85. The Morgan fingerprint density at radius 1 is 1.24 bits per heavy atom. The van der Waals surface area contributed by atoms with Gasteiger partial charge in [0.25, 0.3) is 0 Å². The van der Waals surface area contributed by atoms with Gasteiger partial charge in [-0.25, -0.2) is 9.97 Å². The Bertz CT molecular complexity index is 895. The molecule has 9 heteroatoms. The largest absolute Gasteiger partial charge is 0.435 e. The number of alkyl halides is 2. The van der Waals surface area contributed by atoms with Crippen molar-refractivity contribution >= 4 is 17.5 Å². The van der Waals surface area contributed by atoms with Crippen LogP contribution in [0.15, 0.2) is 30.6 Å². The van der Waals surface area contributed by atoms with Crippen LogP contribution < -0.4 is 15.0 Å². The van der Waals surface area contributed by atoms with E-state index in [0.29, 0.717) is 24.7 Å². The first kappa shape index (κ1) is 19.4. The number of likely N-dealkylation sites (N-methyl/N-ethyl adjacent to an activating group) is 1. The number of piperazine rings is 1. The number of benzene rings is 1. The average molecular weight is 403 g/mol. The molecule has 2 aromatic rings. The Balaban J connectivity index is 1.50. The lowest BCUT2D eigenvalue weighted by Gasteiger charge is -2.33. The van der Waals surface area contributed by atoms with E-state index in [2.05, 4.69) is 20.0 Å². The quantitative estimate of drug-likeness (QED) is 0.828. The molecule has 0 saturated carbocycles. The van der Waals surface area contributed by atoms with Crippen molar-refractivity contribution in [2.75, 3.05) is 36.9 Å². The van der Waals surface area contributed by atoms with Gasteiger partial charge in [0.05, 0.1) is 12.6 Å². The van der Waals surface area contributed by atoms with Gasteiger partial charge in [0.1, 0.15) is 23.7 Å². The summed E-state index contributed by atoms with van der Waals surface area (Å²) in [6, 6.07) is 6.98. The van der Waals surface area contributed by atoms with Crippen molar-refractivity contribution in [3.05, 3.63) is 41.7 Å². The molecule has 1 unspecified atom stereocenters. The van der Waals surface area contributed by atoms with E-state index in [9.17, 15) is 13.6 Å². The number of anilines is 2. The van der Waals surface area contributed by atoms with Gasteiger partial charge in [0.15, 0.2) is 0 Å². The third-order valence-corrected chi connectivity index (χ3v) is 5.41. The van der Waals surface area contributed by atoms with Gasteiger partial charge in [0, 0.05) is 26.2 Å². The highest BCUT2D eigenvalue weighted by atomic mass is 19.3. The lowest BCUT2D eigenvalue weighted by molar-refractivity contribution is -0.129. The van der Waals surface area contributed by atoms with Gasteiger partial charge in [-0.2, -0.15) is 8.78 Å². The monoisotopic (exact) mass is 403 g/mol. The number of nitrogens with one attached hydrogen (secondary N) is 1. The van der Waals surface area contributed by atoms with Crippen molar-refractivity contribution in [2.24, 2.45) is 0 Å². The van der Waals surface area contributed by atoms with E-state index in [-0.39, 0.29) is 17.7 Å². The molecule has 0 radical (unpaired) electrons. The molecule has 29 heavy (non-hydrogen) atoms. The van der Waals surface area contributed by atoms with Gasteiger partial charge in [-0.1, -0.05) is 6.07 Å². The van der Waals surface area contributed by atoms with Gasteiger partial charge in [-0.3, -0.25) is 4.79 Å². The fourth-order valence-corrected chi connectivity index (χ4v) is 3.85. The number of nitrogens with zero attached hydrogens (tertiary/aromatic N) is 4. The fraction of sp³-hybridized carbons (Fsp3) is 0.450. The zero-order valence-electron chi connectivity index (χ0n) is 16.1. The Morgan fingerprint density at radius 2 is 2.10 bits per heavy atom. The number of fused-ring (bicyclic) bond motifs is 1. The molecule has 2 aliphatic rings. The molecule has 1 amide bonds. The fourth-order valence-electron chi connectivity index (χ4n) is 3.85. The summed E-state index contributed by atoms with van der Waals surface area (Å²) in [6.07, 6.45) is 4.16. The zero-order chi connectivity index (χ0) is 20.4. The number of aromatic nitrogens is 2. The van der Waals surface area contributed by atoms with Crippen LogP contribution in [0.2, 0.25) is 0 Å². The number of carbonyl (C=O) groups is 1. The van der Waals surface area contributed by atoms with Crippen molar-refractivity contribution in [3.63, 3.8) is 0 Å². The van der Waals surface area contributed by atoms with E-state index in [1.807, 2.05) is 17.0 Å². The molecule has 154 valence electrons. The minimum atomic E-state index is -2.83. The average Bonchev–Trinajstić information content (AvgIpc) is 2.70. The van der Waals surface area contributed by atoms with E-state index >= 15 is 0 Å². The summed E-state index contributed by atoms with van der Waals surface area (Å²) >= 11 is 0. The Labute approximate surface area is 167 Å². The van der Waals surface area contributed by atoms with Crippen molar-refractivity contribution < 1.29 is 18.3 Å². The van der Waals surface area contributed by atoms with Crippen LogP contribution in [0.5, 0.6) is 5.75 Å². The van der Waals surface area contributed by atoms with Crippen LogP contribution in [-0.2, 0) is 11.2 Å². The summed E-state index contributed by atoms with van der Waals surface area (Å²) in [5.74, 6) is 1.63. The third-order valence-electron chi connectivity index (χ3n) is 5.41. The number of rotatable bonds is 5. The molecular formula is C20H23F2N5O2. The number of amides is 1. The molecule has 1 aromatic carbocycles. The maximum Gasteiger partial charge on any atom is 0.387 e. The Hall–Kier alpha value is -2.97. The van der Waals surface area contributed by atoms with Crippen LogP contribution in [-0.4, -0.2) is 54.1 Å². The minimum absolute atomic E-state index is 0.0243. The standard InChI is InChI=1S/C20H23F2N5O2/c1-26-7-8-27(11-19(26)28)18-10-17(23-12-24-18)25-16-4-2-3-13-9-14(29-20(21)22)5-6-15(13)16/h5-6,9-10,12,16,20H,2-4,7-8,11H2,1H3,(H,23,24,25). The van der Waals surface area contributed by atoms with Crippen molar-refractivity contribution in [1.29, 1.82) is 0 Å². The van der Waals surface area contributed by atoms with E-state index in [1.165, 1.54) is 6.33 Å². The molecule has 1 aliphatic heterocycles. The van der Waals surface area contributed by atoms with E-state index in [4.69, 9.17) is 0 Å². The minimum Gasteiger partial charge on any atom is -0.435 e. The summed E-state index contributed by atoms with van der Waals surface area (Å²) in [7, 11) is 1.80. The molecule has 4 rings (SSSR count). The molecule has 0 bridgehead atoms. The normalized spacial score (nSPS) is 19.3. The maximum absolute atomic E-state index is 12.5. The lowest BCUT2D eigenvalue weighted by Crippen LogP contribution is -2.48. The second-order valence-electron chi connectivity index (χ2n) is 7.33. The van der Waals surface area contributed by atoms with Crippen LogP contribution >= 0.6 is 0 Å². The third kappa shape index (κ3) is 4.38. The molecule has 1 aromatic heterocycles. The molecule has 2 heterocycles. The molecule has 1 saturated heterocycles. The summed E-state index contributed by atoms with van der Waals surface area (Å²) in [5.41, 5.74) is 2.07. The maximum atomic E-state index is 12.5. The molecule has 1 fully saturated rings. The number of ether oxygens (including phenoxy) is 1. The summed E-state index contributed by atoms with van der Waals surface area (Å²) in [4.78, 5) is 24.3. The lowest BCUT2D eigenvalue weighted by atomic mass is 9.87. The molecule has 1 N–H and O–H groups in total. The number of carbonyl (C=O) groups excluding carboxylic acids is 1. The predicted molar refractivity (Wildman–Crippen MR) is 104 cm³/mol. The zero-order valence-corrected chi connectivity index (χ0v) is 16.1. The first-order valence-corrected chi connectivity index (χ1v) is 9.65. The second kappa shape index (κ2) is 8.18. The first-order valence-electron chi connectivity index (χ1n) is 9.65. The highest BCUT2D eigenvalue weighted by molar-refractivity contribution is 5.82. The van der Waals surface area contributed by atoms with E-state index in [1.54, 1.807) is 24.1 Å². The highest BCUT2D eigenvalue weighted by Crippen LogP contribution is 2.34. The highest BCUT2D eigenvalue weighted by Gasteiger charge is 2.24. The van der Waals surface area contributed by atoms with Crippen LogP contribution in [0.3, 0.4) is 0 Å². The van der Waals surface area contributed by atoms with Gasteiger partial charge in [-0.05, 0) is 42.5 Å². The number of hydrogen-bond acceptors (Lipinski definition) is 6. The van der Waals surface area contributed by atoms with E-state index < -0.39 is 6.61 Å². The van der Waals surface area contributed by atoms with Gasteiger partial charge in [0.2, 0.25) is 5.91 Å². The van der Waals surface area contributed by atoms with Crippen molar-refractivity contribution in [1.82, 2.24) is 14.9 Å². The number of halogens is 2. The van der Waals surface area contributed by atoms with Crippen LogP contribution in [0, 0.1) is 0 Å². The number of aryl methyl sites for hydroxylation is 1. The molecule has 7 nitrogen and oxygen atoms in total. The molecule has 1 atom stereocenters. The SMILES string of the molecule is CN1CCN(c2cc(NC3CCCc4cc(OC(F)F)ccc43)ncn2)CC1=O.